The zero-order valence-electron chi connectivity index (χ0n) is 17.7. The van der Waals surface area contributed by atoms with Crippen molar-refractivity contribution in [3.8, 4) is 0 Å². The number of hydrogen-bond acceptors (Lipinski definition) is 5. The molecule has 0 spiro atoms. The molecule has 2 fully saturated rings. The lowest BCUT2D eigenvalue weighted by Gasteiger charge is -2.26. The Morgan fingerprint density at radius 2 is 1.93 bits per heavy atom. The number of aliphatic imine (C=N–C) groups is 1. The molecule has 2 N–H and O–H groups in total. The molecule has 4 rings (SSSR count). The highest BCUT2D eigenvalue weighted by molar-refractivity contribution is 5.79. The minimum atomic E-state index is 0.178. The molecule has 0 radical (unpaired) electrons. The van der Waals surface area contributed by atoms with Gasteiger partial charge in [0.2, 0.25) is 0 Å². The van der Waals surface area contributed by atoms with Crippen LogP contribution in [0, 0.1) is 0 Å². The summed E-state index contributed by atoms with van der Waals surface area (Å²) in [7, 11) is 0. The number of rotatable bonds is 9. The van der Waals surface area contributed by atoms with Gasteiger partial charge in [0.25, 0.3) is 0 Å². The van der Waals surface area contributed by atoms with Crippen LogP contribution in [0.1, 0.15) is 49.7 Å². The lowest BCUT2D eigenvalue weighted by Crippen LogP contribution is -2.43. The first-order valence-corrected chi connectivity index (χ1v) is 11.3. The molecule has 2 aromatic rings. The normalized spacial score (nSPS) is 21.6. The number of nitrogens with one attached hydrogen (secondary N) is 2. The number of ether oxygens (including phenoxy) is 1. The summed E-state index contributed by atoms with van der Waals surface area (Å²) in [4.78, 5) is 7.41. The van der Waals surface area contributed by atoms with Gasteiger partial charge in [0.1, 0.15) is 11.5 Å². The second-order valence-corrected chi connectivity index (χ2v) is 8.09. The summed E-state index contributed by atoms with van der Waals surface area (Å²) < 4.78 is 17.1. The minimum absolute atomic E-state index is 0.178. The average molecular weight is 415 g/mol. The third-order valence-corrected chi connectivity index (χ3v) is 5.89. The van der Waals surface area contributed by atoms with Gasteiger partial charge in [-0.05, 0) is 69.5 Å². The van der Waals surface area contributed by atoms with E-state index in [9.17, 15) is 0 Å². The van der Waals surface area contributed by atoms with E-state index in [0.717, 1.165) is 63.1 Å². The van der Waals surface area contributed by atoms with Crippen LogP contribution in [-0.4, -0.2) is 56.3 Å². The maximum Gasteiger partial charge on any atom is 0.191 e. The van der Waals surface area contributed by atoms with Crippen LogP contribution >= 0.6 is 0 Å². The lowest BCUT2D eigenvalue weighted by atomic mass is 10.1. The van der Waals surface area contributed by atoms with Gasteiger partial charge in [-0.2, -0.15) is 0 Å². The molecule has 0 amide bonds. The molecule has 7 heteroatoms. The van der Waals surface area contributed by atoms with E-state index in [1.807, 2.05) is 18.2 Å². The number of guanidine groups is 1. The molecular formula is C23H34N4O3. The van der Waals surface area contributed by atoms with Crippen molar-refractivity contribution in [1.82, 2.24) is 15.5 Å². The number of hydrogen-bond donors (Lipinski definition) is 2. The second-order valence-electron chi connectivity index (χ2n) is 8.09. The summed E-state index contributed by atoms with van der Waals surface area (Å²) in [5, 5.41) is 6.96. The zero-order chi connectivity index (χ0) is 20.4. The van der Waals surface area contributed by atoms with E-state index in [1.54, 1.807) is 12.5 Å². The van der Waals surface area contributed by atoms with Crippen LogP contribution < -0.4 is 10.6 Å². The first-order chi connectivity index (χ1) is 14.9. The molecule has 0 saturated carbocycles. The Hall–Kier alpha value is -2.25. The van der Waals surface area contributed by atoms with Gasteiger partial charge in [-0.15, -0.1) is 0 Å². The molecule has 2 saturated heterocycles. The Balaban J connectivity index is 1.38. The fourth-order valence-electron chi connectivity index (χ4n) is 4.21. The van der Waals surface area contributed by atoms with Crippen molar-refractivity contribution in [2.75, 3.05) is 39.3 Å². The molecule has 7 nitrogen and oxygen atoms in total. The van der Waals surface area contributed by atoms with E-state index >= 15 is 0 Å². The van der Waals surface area contributed by atoms with Crippen LogP contribution in [-0.2, 0) is 11.2 Å². The predicted octanol–water partition coefficient (Wildman–Crippen LogP) is 3.36. The quantitative estimate of drug-likeness (QED) is 0.484. The third kappa shape index (κ3) is 6.12. The summed E-state index contributed by atoms with van der Waals surface area (Å²) in [6, 6.07) is 8.13. The molecule has 4 heterocycles. The Morgan fingerprint density at radius 3 is 2.67 bits per heavy atom. The Labute approximate surface area is 178 Å². The molecule has 2 atom stereocenters. The highest BCUT2D eigenvalue weighted by atomic mass is 16.5. The van der Waals surface area contributed by atoms with Crippen LogP contribution in [0.3, 0.4) is 0 Å². The fraction of sp³-hybridized carbons (Fsp3) is 0.609. The van der Waals surface area contributed by atoms with E-state index < -0.39 is 0 Å². The maximum atomic E-state index is 5.87. The van der Waals surface area contributed by atoms with Crippen LogP contribution in [0.2, 0.25) is 0 Å². The van der Waals surface area contributed by atoms with Crippen molar-refractivity contribution < 1.29 is 13.6 Å². The summed E-state index contributed by atoms with van der Waals surface area (Å²) in [6.45, 7) is 5.27. The molecular weight excluding hydrogens is 380 g/mol. The van der Waals surface area contributed by atoms with Gasteiger partial charge in [-0.1, -0.05) is 0 Å². The number of furan rings is 2. The molecule has 0 aliphatic carbocycles. The predicted molar refractivity (Wildman–Crippen MR) is 117 cm³/mol. The van der Waals surface area contributed by atoms with Gasteiger partial charge < -0.3 is 24.2 Å². The van der Waals surface area contributed by atoms with E-state index in [2.05, 4.69) is 21.6 Å². The molecule has 164 valence electrons. The van der Waals surface area contributed by atoms with Crippen molar-refractivity contribution in [3.63, 3.8) is 0 Å². The summed E-state index contributed by atoms with van der Waals surface area (Å²) in [6.07, 6.45) is 10.5. The summed E-state index contributed by atoms with van der Waals surface area (Å²) in [5.74, 6) is 2.79. The van der Waals surface area contributed by atoms with Crippen LogP contribution in [0.15, 0.2) is 50.6 Å². The van der Waals surface area contributed by atoms with Crippen molar-refractivity contribution in [1.29, 1.82) is 0 Å². The van der Waals surface area contributed by atoms with Gasteiger partial charge in [-0.3, -0.25) is 9.89 Å². The fourth-order valence-corrected chi connectivity index (χ4v) is 4.21. The number of nitrogens with zero attached hydrogens (tertiary/aromatic N) is 2. The van der Waals surface area contributed by atoms with Gasteiger partial charge in [0.05, 0.1) is 31.2 Å². The SMILES string of the molecule is c1coc(CCNC(=NCC(c2ccco2)N2CCCC2)NCC2CCCCO2)c1. The van der Waals surface area contributed by atoms with E-state index in [1.165, 1.54) is 25.7 Å². The third-order valence-electron chi connectivity index (χ3n) is 5.89. The van der Waals surface area contributed by atoms with E-state index in [4.69, 9.17) is 18.6 Å². The largest absolute Gasteiger partial charge is 0.469 e. The van der Waals surface area contributed by atoms with Gasteiger partial charge in [0, 0.05) is 26.1 Å². The average Bonchev–Trinajstić information content (AvgIpc) is 3.56. The highest BCUT2D eigenvalue weighted by Crippen LogP contribution is 2.25. The van der Waals surface area contributed by atoms with Crippen molar-refractivity contribution in [3.05, 3.63) is 48.3 Å². The second kappa shape index (κ2) is 11.2. The monoisotopic (exact) mass is 414 g/mol. The lowest BCUT2D eigenvalue weighted by molar-refractivity contribution is 0.0194. The zero-order valence-corrected chi connectivity index (χ0v) is 17.7. The van der Waals surface area contributed by atoms with Crippen molar-refractivity contribution in [2.45, 2.75) is 50.7 Å². The summed E-state index contributed by atoms with van der Waals surface area (Å²) in [5.41, 5.74) is 0. The molecule has 0 aromatic carbocycles. The Bertz CT molecular complexity index is 733. The molecule has 2 aliphatic rings. The van der Waals surface area contributed by atoms with Gasteiger partial charge >= 0.3 is 0 Å². The molecule has 2 aliphatic heterocycles. The smallest absolute Gasteiger partial charge is 0.191 e. The first-order valence-electron chi connectivity index (χ1n) is 11.3. The van der Waals surface area contributed by atoms with Crippen molar-refractivity contribution in [2.24, 2.45) is 4.99 Å². The standard InChI is InChI=1S/C23H34N4O3/c1-4-14-29-20(7-1)17-25-23(24-11-10-19-8-5-15-28-19)26-18-21(22-9-6-16-30-22)27-12-2-3-13-27/h5-6,8-9,15-16,20-21H,1-4,7,10-14,17-18H2,(H2,24,25,26). The van der Waals surface area contributed by atoms with E-state index in [0.29, 0.717) is 6.54 Å². The minimum Gasteiger partial charge on any atom is -0.469 e. The summed E-state index contributed by atoms with van der Waals surface area (Å²) >= 11 is 0. The van der Waals surface area contributed by atoms with E-state index in [-0.39, 0.29) is 12.1 Å². The molecule has 2 aromatic heterocycles. The number of likely N-dealkylation sites (tertiary alicyclic amines) is 1. The topological polar surface area (TPSA) is 75.2 Å². The van der Waals surface area contributed by atoms with Crippen LogP contribution in [0.5, 0.6) is 0 Å². The first kappa shape index (κ1) is 21.0. The molecule has 30 heavy (non-hydrogen) atoms. The molecule has 2 unspecified atom stereocenters. The Morgan fingerprint density at radius 1 is 1.07 bits per heavy atom. The van der Waals surface area contributed by atoms with Crippen LogP contribution in [0.25, 0.3) is 0 Å². The molecule has 0 bridgehead atoms. The highest BCUT2D eigenvalue weighted by Gasteiger charge is 2.25. The van der Waals surface area contributed by atoms with Crippen LogP contribution in [0.4, 0.5) is 0 Å². The maximum absolute atomic E-state index is 5.87. The van der Waals surface area contributed by atoms with Gasteiger partial charge in [0.15, 0.2) is 5.96 Å². The van der Waals surface area contributed by atoms with Crippen molar-refractivity contribution >= 4 is 5.96 Å². The Kier molecular flexibility index (Phi) is 7.86. The van der Waals surface area contributed by atoms with Gasteiger partial charge in [-0.25, -0.2) is 0 Å².